The number of rotatable bonds is 8. The van der Waals surface area contributed by atoms with Gasteiger partial charge < -0.3 is 19.3 Å². The molecule has 0 bridgehead atoms. The summed E-state index contributed by atoms with van der Waals surface area (Å²) in [5.41, 5.74) is 0.936. The molecule has 3 rings (SSSR count). The van der Waals surface area contributed by atoms with Crippen LogP contribution >= 0.6 is 11.6 Å². The second kappa shape index (κ2) is 9.12. The molecule has 2 aromatic rings. The molecule has 1 aromatic heterocycles. The van der Waals surface area contributed by atoms with Crippen molar-refractivity contribution >= 4 is 17.5 Å². The van der Waals surface area contributed by atoms with E-state index in [-0.39, 0.29) is 25.5 Å². The summed E-state index contributed by atoms with van der Waals surface area (Å²) < 4.78 is 29.5. The largest absolute Gasteiger partial charge is 0.381 e. The molecule has 2 heterocycles. The van der Waals surface area contributed by atoms with Crippen molar-refractivity contribution in [3.8, 4) is 0 Å². The highest BCUT2D eigenvalue weighted by atomic mass is 35.5. The van der Waals surface area contributed by atoms with Gasteiger partial charge in [-0.3, -0.25) is 4.79 Å². The summed E-state index contributed by atoms with van der Waals surface area (Å²) in [6, 6.07) is 6.08. The minimum atomic E-state index is -0.417. The van der Waals surface area contributed by atoms with Crippen LogP contribution in [0, 0.1) is 11.7 Å². The number of carbonyl (C=O) groups is 1. The maximum absolute atomic E-state index is 13.7. The number of nitrogens with zero attached hydrogens (tertiary/aromatic N) is 1. The number of nitrogens with one attached hydrogen (secondary N) is 1. The van der Waals surface area contributed by atoms with Gasteiger partial charge in [0.2, 0.25) is 5.91 Å². The van der Waals surface area contributed by atoms with Crippen molar-refractivity contribution in [1.82, 2.24) is 10.5 Å². The lowest BCUT2D eigenvalue weighted by Crippen LogP contribution is -2.30. The zero-order chi connectivity index (χ0) is 18.4. The first-order valence-corrected chi connectivity index (χ1v) is 8.78. The van der Waals surface area contributed by atoms with Gasteiger partial charge >= 0.3 is 0 Å². The fourth-order valence-electron chi connectivity index (χ4n) is 2.64. The Labute approximate surface area is 155 Å². The quantitative estimate of drug-likeness (QED) is 0.760. The van der Waals surface area contributed by atoms with Gasteiger partial charge in [0.15, 0.2) is 5.76 Å². The van der Waals surface area contributed by atoms with E-state index in [1.807, 2.05) is 0 Å². The molecule has 1 aromatic carbocycles. The van der Waals surface area contributed by atoms with Gasteiger partial charge in [-0.15, -0.1) is 0 Å². The molecule has 1 saturated heterocycles. The molecule has 8 heteroatoms. The number of aromatic nitrogens is 1. The minimum absolute atomic E-state index is 0.0863. The van der Waals surface area contributed by atoms with Crippen LogP contribution in [0.25, 0.3) is 0 Å². The number of amides is 1. The fourth-order valence-corrected chi connectivity index (χ4v) is 2.80. The highest BCUT2D eigenvalue weighted by molar-refractivity contribution is 6.30. The topological polar surface area (TPSA) is 73.6 Å². The Balaban J connectivity index is 1.40. The van der Waals surface area contributed by atoms with Gasteiger partial charge in [0.25, 0.3) is 0 Å². The molecule has 1 aliphatic rings. The maximum atomic E-state index is 13.7. The average Bonchev–Trinajstić information content (AvgIpc) is 3.27. The van der Waals surface area contributed by atoms with Crippen LogP contribution < -0.4 is 5.32 Å². The molecule has 6 nitrogen and oxygen atoms in total. The smallest absolute Gasteiger partial charge is 0.226 e. The molecule has 1 unspecified atom stereocenters. The van der Waals surface area contributed by atoms with E-state index in [9.17, 15) is 9.18 Å². The number of hydrogen-bond acceptors (Lipinski definition) is 5. The summed E-state index contributed by atoms with van der Waals surface area (Å²) in [6.07, 6.45) is 1.11. The third-order valence-electron chi connectivity index (χ3n) is 4.08. The number of hydrogen-bond donors (Lipinski definition) is 1. The molecule has 26 heavy (non-hydrogen) atoms. The molecule has 140 valence electrons. The first kappa shape index (κ1) is 18.8. The highest BCUT2D eigenvalue weighted by Crippen LogP contribution is 2.16. The van der Waals surface area contributed by atoms with E-state index < -0.39 is 5.82 Å². The number of benzene rings is 1. The maximum Gasteiger partial charge on any atom is 0.226 e. The van der Waals surface area contributed by atoms with Crippen molar-refractivity contribution in [2.45, 2.75) is 26.1 Å². The average molecular weight is 383 g/mol. The van der Waals surface area contributed by atoms with Crippen LogP contribution in [-0.4, -0.2) is 30.8 Å². The summed E-state index contributed by atoms with van der Waals surface area (Å²) in [6.45, 7) is 2.28. The molecule has 0 spiro atoms. The van der Waals surface area contributed by atoms with Crippen LogP contribution in [0.4, 0.5) is 4.39 Å². The Morgan fingerprint density at radius 1 is 1.38 bits per heavy atom. The number of halogens is 2. The van der Waals surface area contributed by atoms with E-state index in [4.69, 9.17) is 25.6 Å². The molecule has 1 N–H and O–H groups in total. The van der Waals surface area contributed by atoms with Gasteiger partial charge in [-0.05, 0) is 18.6 Å². The normalized spacial score (nSPS) is 16.8. The second-order valence-corrected chi connectivity index (χ2v) is 6.66. The molecule has 1 atom stereocenters. The lowest BCUT2D eigenvalue weighted by molar-refractivity contribution is -0.120. The van der Waals surface area contributed by atoms with E-state index in [0.717, 1.165) is 13.0 Å². The van der Waals surface area contributed by atoms with E-state index >= 15 is 0 Å². The van der Waals surface area contributed by atoms with Gasteiger partial charge in [0.1, 0.15) is 12.4 Å². The van der Waals surface area contributed by atoms with Crippen LogP contribution in [0.3, 0.4) is 0 Å². The predicted octanol–water partition coefficient (Wildman–Crippen LogP) is 2.88. The monoisotopic (exact) mass is 382 g/mol. The van der Waals surface area contributed by atoms with Crippen molar-refractivity contribution < 1.29 is 23.2 Å². The summed E-state index contributed by atoms with van der Waals surface area (Å²) in [4.78, 5) is 11.9. The van der Waals surface area contributed by atoms with Crippen LogP contribution in [-0.2, 0) is 33.9 Å². The Morgan fingerprint density at radius 3 is 3.04 bits per heavy atom. The first-order chi connectivity index (χ1) is 12.6. The van der Waals surface area contributed by atoms with E-state index in [0.29, 0.717) is 41.1 Å². The highest BCUT2D eigenvalue weighted by Gasteiger charge is 2.17. The first-order valence-electron chi connectivity index (χ1n) is 8.40. The third-order valence-corrected chi connectivity index (χ3v) is 4.31. The molecule has 0 aliphatic carbocycles. The Kier molecular flexibility index (Phi) is 6.60. The third kappa shape index (κ3) is 5.52. The molecule has 1 amide bonds. The van der Waals surface area contributed by atoms with Crippen LogP contribution in [0.5, 0.6) is 0 Å². The lowest BCUT2D eigenvalue weighted by Gasteiger charge is -2.08. The molecular formula is C18H20ClFN2O4. The van der Waals surface area contributed by atoms with Crippen molar-refractivity contribution in [1.29, 1.82) is 0 Å². The van der Waals surface area contributed by atoms with Crippen molar-refractivity contribution in [2.24, 2.45) is 5.92 Å². The van der Waals surface area contributed by atoms with Gasteiger partial charge in [-0.1, -0.05) is 22.8 Å². The SMILES string of the molecule is O=C(Cc1cc(COCc2ccc(Cl)cc2F)on1)NCC1CCOC1. The van der Waals surface area contributed by atoms with Crippen molar-refractivity contribution in [3.63, 3.8) is 0 Å². The zero-order valence-corrected chi connectivity index (χ0v) is 14.9. The van der Waals surface area contributed by atoms with E-state index in [2.05, 4.69) is 10.5 Å². The van der Waals surface area contributed by atoms with Crippen molar-refractivity contribution in [3.05, 3.63) is 52.1 Å². The number of ether oxygens (including phenoxy) is 2. The number of carbonyl (C=O) groups excluding carboxylic acids is 1. The van der Waals surface area contributed by atoms with Gasteiger partial charge in [-0.25, -0.2) is 4.39 Å². The molecule has 1 fully saturated rings. The minimum Gasteiger partial charge on any atom is -0.381 e. The summed E-state index contributed by atoms with van der Waals surface area (Å²) in [5, 5.41) is 7.07. The zero-order valence-electron chi connectivity index (χ0n) is 14.2. The standard InChI is InChI=1S/C18H20ClFN2O4/c19-14-2-1-13(17(20)5-14)10-25-11-16-6-15(22-26-16)7-18(23)21-8-12-3-4-24-9-12/h1-2,5-6,12H,3-4,7-11H2,(H,21,23). The van der Waals surface area contributed by atoms with E-state index in [1.165, 1.54) is 6.07 Å². The van der Waals surface area contributed by atoms with Crippen LogP contribution in [0.15, 0.2) is 28.8 Å². The Bertz CT molecular complexity index is 747. The van der Waals surface area contributed by atoms with Gasteiger partial charge in [0.05, 0.1) is 25.3 Å². The Hall–Kier alpha value is -1.96. The van der Waals surface area contributed by atoms with Crippen molar-refractivity contribution in [2.75, 3.05) is 19.8 Å². The fraction of sp³-hybridized carbons (Fsp3) is 0.444. The molecule has 0 radical (unpaired) electrons. The van der Waals surface area contributed by atoms with Crippen LogP contribution in [0.1, 0.15) is 23.4 Å². The predicted molar refractivity (Wildman–Crippen MR) is 92.0 cm³/mol. The van der Waals surface area contributed by atoms with Gasteiger partial charge in [-0.2, -0.15) is 0 Å². The second-order valence-electron chi connectivity index (χ2n) is 6.22. The Morgan fingerprint density at radius 2 is 2.27 bits per heavy atom. The summed E-state index contributed by atoms with van der Waals surface area (Å²) >= 11 is 5.71. The van der Waals surface area contributed by atoms with E-state index in [1.54, 1.807) is 18.2 Å². The molecular weight excluding hydrogens is 363 g/mol. The summed E-state index contributed by atoms with van der Waals surface area (Å²) in [7, 11) is 0. The molecule has 0 saturated carbocycles. The lowest BCUT2D eigenvalue weighted by atomic mass is 10.1. The summed E-state index contributed by atoms with van der Waals surface area (Å²) in [5.74, 6) is 0.334. The molecule has 1 aliphatic heterocycles. The van der Waals surface area contributed by atoms with Crippen LogP contribution in [0.2, 0.25) is 5.02 Å². The van der Waals surface area contributed by atoms with Gasteiger partial charge in [0, 0.05) is 35.7 Å².